The summed E-state index contributed by atoms with van der Waals surface area (Å²) in [5, 5.41) is 3.51. The maximum atomic E-state index is 4.75. The first kappa shape index (κ1) is 15.7. The molecule has 1 aliphatic rings. The highest BCUT2D eigenvalue weighted by Gasteiger charge is 2.15. The minimum absolute atomic E-state index is 0. The SMILES string of the molecule is Cc1ccc2nc(CN3CCCNc4ccccc43)cn2c1.Cl. The van der Waals surface area contributed by atoms with Crippen molar-refractivity contribution >= 4 is 29.4 Å². The number of hydrogen-bond donors (Lipinski definition) is 1. The molecule has 1 aromatic carbocycles. The molecule has 1 aliphatic heterocycles. The number of halogens is 1. The molecule has 0 fully saturated rings. The van der Waals surface area contributed by atoms with Gasteiger partial charge in [0, 0.05) is 25.5 Å². The number of nitrogens with zero attached hydrogens (tertiary/aromatic N) is 3. The average molecular weight is 329 g/mol. The number of fused-ring (bicyclic) bond motifs is 2. The average Bonchev–Trinajstić information content (AvgIpc) is 2.80. The Hall–Kier alpha value is -2.20. The number of anilines is 2. The van der Waals surface area contributed by atoms with Crippen molar-refractivity contribution < 1.29 is 0 Å². The Morgan fingerprint density at radius 2 is 2.00 bits per heavy atom. The number of aryl methyl sites for hydroxylation is 1. The molecular weight excluding hydrogens is 308 g/mol. The maximum Gasteiger partial charge on any atom is 0.137 e. The predicted octanol–water partition coefficient (Wildman–Crippen LogP) is 3.89. The molecule has 2 aromatic heterocycles. The number of nitrogens with one attached hydrogen (secondary N) is 1. The highest BCUT2D eigenvalue weighted by molar-refractivity contribution is 5.85. The topological polar surface area (TPSA) is 32.6 Å². The molecule has 3 aromatic rings. The molecule has 0 radical (unpaired) electrons. The molecule has 4 rings (SSSR count). The van der Waals surface area contributed by atoms with Crippen molar-refractivity contribution in [2.45, 2.75) is 19.9 Å². The van der Waals surface area contributed by atoms with Crippen molar-refractivity contribution in [2.75, 3.05) is 23.3 Å². The molecule has 4 nitrogen and oxygen atoms in total. The van der Waals surface area contributed by atoms with Crippen LogP contribution in [0.1, 0.15) is 17.7 Å². The van der Waals surface area contributed by atoms with E-state index in [9.17, 15) is 0 Å². The van der Waals surface area contributed by atoms with Crippen LogP contribution in [0.3, 0.4) is 0 Å². The van der Waals surface area contributed by atoms with Gasteiger partial charge < -0.3 is 14.6 Å². The van der Waals surface area contributed by atoms with Gasteiger partial charge in [0.15, 0.2) is 0 Å². The quantitative estimate of drug-likeness (QED) is 0.774. The molecule has 0 amide bonds. The first-order valence-electron chi connectivity index (χ1n) is 7.82. The van der Waals surface area contributed by atoms with Crippen LogP contribution < -0.4 is 10.2 Å². The third-order valence-electron chi connectivity index (χ3n) is 4.17. The maximum absolute atomic E-state index is 4.75. The lowest BCUT2D eigenvalue weighted by molar-refractivity contribution is 0.755. The summed E-state index contributed by atoms with van der Waals surface area (Å²) in [4.78, 5) is 7.17. The molecule has 0 spiro atoms. The number of aromatic nitrogens is 2. The van der Waals surface area contributed by atoms with Crippen LogP contribution >= 0.6 is 12.4 Å². The Kier molecular flexibility index (Phi) is 4.44. The minimum atomic E-state index is 0. The van der Waals surface area contributed by atoms with Gasteiger partial charge in [0.25, 0.3) is 0 Å². The number of imidazole rings is 1. The van der Waals surface area contributed by atoms with Gasteiger partial charge in [0.1, 0.15) is 5.65 Å². The van der Waals surface area contributed by atoms with E-state index in [1.165, 1.54) is 16.9 Å². The van der Waals surface area contributed by atoms with E-state index < -0.39 is 0 Å². The first-order chi connectivity index (χ1) is 10.8. The van der Waals surface area contributed by atoms with E-state index in [1.54, 1.807) is 0 Å². The van der Waals surface area contributed by atoms with Gasteiger partial charge in [-0.1, -0.05) is 18.2 Å². The highest BCUT2D eigenvalue weighted by Crippen LogP contribution is 2.29. The molecule has 0 aliphatic carbocycles. The molecule has 0 unspecified atom stereocenters. The molecule has 0 saturated heterocycles. The summed E-state index contributed by atoms with van der Waals surface area (Å²) in [5.41, 5.74) is 5.87. The van der Waals surface area contributed by atoms with E-state index in [2.05, 4.69) is 70.3 Å². The van der Waals surface area contributed by atoms with Crippen LogP contribution in [0.4, 0.5) is 11.4 Å². The van der Waals surface area contributed by atoms with E-state index in [0.29, 0.717) is 0 Å². The van der Waals surface area contributed by atoms with Crippen LogP contribution in [0, 0.1) is 6.92 Å². The second-order valence-electron chi connectivity index (χ2n) is 5.92. The summed E-state index contributed by atoms with van der Waals surface area (Å²) in [6.07, 6.45) is 5.41. The van der Waals surface area contributed by atoms with Gasteiger partial charge >= 0.3 is 0 Å². The number of para-hydroxylation sites is 2. The minimum Gasteiger partial charge on any atom is -0.383 e. The molecule has 23 heavy (non-hydrogen) atoms. The molecule has 0 bridgehead atoms. The summed E-state index contributed by atoms with van der Waals surface area (Å²) in [5.74, 6) is 0. The molecule has 120 valence electrons. The van der Waals surface area contributed by atoms with Gasteiger partial charge in [-0.2, -0.15) is 0 Å². The summed E-state index contributed by atoms with van der Waals surface area (Å²) in [6, 6.07) is 12.7. The predicted molar refractivity (Wildman–Crippen MR) is 97.8 cm³/mol. The van der Waals surface area contributed by atoms with E-state index in [1.807, 2.05) is 0 Å². The molecule has 5 heteroatoms. The first-order valence-corrected chi connectivity index (χ1v) is 7.82. The lowest BCUT2D eigenvalue weighted by Gasteiger charge is -2.23. The molecule has 1 N–H and O–H groups in total. The normalized spacial score (nSPS) is 13.9. The van der Waals surface area contributed by atoms with Crippen molar-refractivity contribution in [2.24, 2.45) is 0 Å². The largest absolute Gasteiger partial charge is 0.383 e. The van der Waals surface area contributed by atoms with E-state index in [0.717, 1.165) is 37.4 Å². The third kappa shape index (κ3) is 3.13. The fraction of sp³-hybridized carbons (Fsp3) is 0.278. The van der Waals surface area contributed by atoms with E-state index in [4.69, 9.17) is 4.98 Å². The van der Waals surface area contributed by atoms with Crippen LogP contribution in [0.5, 0.6) is 0 Å². The summed E-state index contributed by atoms with van der Waals surface area (Å²) < 4.78 is 2.12. The third-order valence-corrected chi connectivity index (χ3v) is 4.17. The van der Waals surface area contributed by atoms with Gasteiger partial charge in [-0.25, -0.2) is 4.98 Å². The Morgan fingerprint density at radius 3 is 2.91 bits per heavy atom. The standard InChI is InChI=1S/C18H20N4.ClH/c1-14-7-8-18-20-15(13-22(18)11-14)12-21-10-4-9-19-16-5-2-3-6-17(16)21;/h2-3,5-8,11,13,19H,4,9-10,12H2,1H3;1H. The van der Waals surface area contributed by atoms with Crippen molar-refractivity contribution in [1.82, 2.24) is 9.38 Å². The zero-order valence-corrected chi connectivity index (χ0v) is 14.0. The lowest BCUT2D eigenvalue weighted by Crippen LogP contribution is -2.23. The van der Waals surface area contributed by atoms with Crippen LogP contribution in [-0.2, 0) is 6.54 Å². The van der Waals surface area contributed by atoms with E-state index in [-0.39, 0.29) is 12.4 Å². The monoisotopic (exact) mass is 328 g/mol. The van der Waals surface area contributed by atoms with Gasteiger partial charge in [0.05, 0.1) is 23.6 Å². The molecule has 0 saturated carbocycles. The van der Waals surface area contributed by atoms with Crippen LogP contribution in [-0.4, -0.2) is 22.5 Å². The van der Waals surface area contributed by atoms with Crippen molar-refractivity contribution in [3.8, 4) is 0 Å². The van der Waals surface area contributed by atoms with E-state index >= 15 is 0 Å². The molecular formula is C18H21ClN4. The zero-order chi connectivity index (χ0) is 14.9. The Bertz CT molecular complexity index is 812. The second-order valence-corrected chi connectivity index (χ2v) is 5.92. The highest BCUT2D eigenvalue weighted by atomic mass is 35.5. The number of benzene rings is 1. The smallest absolute Gasteiger partial charge is 0.137 e. The van der Waals surface area contributed by atoms with Crippen LogP contribution in [0.15, 0.2) is 48.8 Å². The summed E-state index contributed by atoms with van der Waals surface area (Å²) in [7, 11) is 0. The fourth-order valence-corrected chi connectivity index (χ4v) is 3.10. The van der Waals surface area contributed by atoms with Gasteiger partial charge in [-0.05, 0) is 37.1 Å². The van der Waals surface area contributed by atoms with Crippen molar-refractivity contribution in [3.63, 3.8) is 0 Å². The van der Waals surface area contributed by atoms with Gasteiger partial charge in [0.2, 0.25) is 0 Å². The molecule has 0 atom stereocenters. The van der Waals surface area contributed by atoms with Crippen LogP contribution in [0.2, 0.25) is 0 Å². The molecule has 3 heterocycles. The number of rotatable bonds is 2. The fourth-order valence-electron chi connectivity index (χ4n) is 3.10. The Balaban J connectivity index is 0.00000156. The zero-order valence-electron chi connectivity index (χ0n) is 13.2. The lowest BCUT2D eigenvalue weighted by atomic mass is 10.2. The van der Waals surface area contributed by atoms with Crippen LogP contribution in [0.25, 0.3) is 5.65 Å². The van der Waals surface area contributed by atoms with Crippen molar-refractivity contribution in [1.29, 1.82) is 0 Å². The number of hydrogen-bond acceptors (Lipinski definition) is 3. The number of pyridine rings is 1. The van der Waals surface area contributed by atoms with Gasteiger partial charge in [-0.15, -0.1) is 12.4 Å². The Morgan fingerprint density at radius 1 is 1.13 bits per heavy atom. The van der Waals surface area contributed by atoms with Crippen molar-refractivity contribution in [3.05, 3.63) is 60.0 Å². The van der Waals surface area contributed by atoms with Gasteiger partial charge in [-0.3, -0.25) is 0 Å². The second kappa shape index (κ2) is 6.50. The Labute approximate surface area is 142 Å². The summed E-state index contributed by atoms with van der Waals surface area (Å²) in [6.45, 7) is 5.03. The summed E-state index contributed by atoms with van der Waals surface area (Å²) >= 11 is 0.